The van der Waals surface area contributed by atoms with Gasteiger partial charge in [-0.2, -0.15) is 0 Å². The van der Waals surface area contributed by atoms with Gasteiger partial charge in [-0.05, 0) is 36.5 Å². The molecule has 0 saturated heterocycles. The van der Waals surface area contributed by atoms with E-state index in [0.717, 1.165) is 12.8 Å². The fourth-order valence-corrected chi connectivity index (χ4v) is 3.51. The minimum Gasteiger partial charge on any atom is -0.392 e. The van der Waals surface area contributed by atoms with E-state index in [1.165, 1.54) is 0 Å². The van der Waals surface area contributed by atoms with Crippen molar-refractivity contribution in [2.24, 2.45) is 34.8 Å². The quantitative estimate of drug-likeness (QED) is 0.737. The SMILES string of the molecule is CC1CC(C(=O)NCC(C(C)C)C(C)C)(C(N)=S)C1. The lowest BCUT2D eigenvalue weighted by molar-refractivity contribution is -0.133. The van der Waals surface area contributed by atoms with Crippen LogP contribution in [0.3, 0.4) is 0 Å². The Kier molecular flexibility index (Phi) is 5.36. The van der Waals surface area contributed by atoms with Gasteiger partial charge in [-0.25, -0.2) is 0 Å². The van der Waals surface area contributed by atoms with Gasteiger partial charge in [0.2, 0.25) is 5.91 Å². The van der Waals surface area contributed by atoms with Crippen LogP contribution in [0.15, 0.2) is 0 Å². The minimum absolute atomic E-state index is 0.0319. The summed E-state index contributed by atoms with van der Waals surface area (Å²) >= 11 is 5.11. The molecule has 1 saturated carbocycles. The van der Waals surface area contributed by atoms with Crippen LogP contribution in [0.5, 0.6) is 0 Å². The first-order valence-corrected chi connectivity index (χ1v) is 7.69. The van der Waals surface area contributed by atoms with Crippen LogP contribution in [0.2, 0.25) is 0 Å². The normalized spacial score (nSPS) is 26.6. The van der Waals surface area contributed by atoms with E-state index in [9.17, 15) is 4.79 Å². The Hall–Kier alpha value is -0.640. The smallest absolute Gasteiger partial charge is 0.233 e. The molecule has 0 spiro atoms. The largest absolute Gasteiger partial charge is 0.392 e. The van der Waals surface area contributed by atoms with Crippen LogP contribution in [0.1, 0.15) is 47.5 Å². The molecule has 19 heavy (non-hydrogen) atoms. The van der Waals surface area contributed by atoms with Crippen LogP contribution >= 0.6 is 12.2 Å². The predicted octanol–water partition coefficient (Wildman–Crippen LogP) is 2.73. The summed E-state index contributed by atoms with van der Waals surface area (Å²) in [6, 6.07) is 0. The summed E-state index contributed by atoms with van der Waals surface area (Å²) in [6.07, 6.45) is 1.59. The van der Waals surface area contributed by atoms with Gasteiger partial charge < -0.3 is 11.1 Å². The Morgan fingerprint density at radius 1 is 1.32 bits per heavy atom. The van der Waals surface area contributed by atoms with Gasteiger partial charge in [-0.1, -0.05) is 46.8 Å². The number of carbonyl (C=O) groups is 1. The number of rotatable bonds is 6. The lowest BCUT2D eigenvalue weighted by Crippen LogP contribution is -2.56. The van der Waals surface area contributed by atoms with E-state index in [4.69, 9.17) is 18.0 Å². The van der Waals surface area contributed by atoms with Crippen LogP contribution < -0.4 is 11.1 Å². The number of hydrogen-bond donors (Lipinski definition) is 2. The van der Waals surface area contributed by atoms with Crippen LogP contribution in [-0.4, -0.2) is 17.4 Å². The molecule has 110 valence electrons. The van der Waals surface area contributed by atoms with Crippen LogP contribution in [0.4, 0.5) is 0 Å². The molecular weight excluding hydrogens is 256 g/mol. The van der Waals surface area contributed by atoms with Gasteiger partial charge in [0.1, 0.15) is 0 Å². The van der Waals surface area contributed by atoms with E-state index in [2.05, 4.69) is 39.9 Å². The van der Waals surface area contributed by atoms with E-state index in [1.54, 1.807) is 0 Å². The molecule has 1 rings (SSSR count). The van der Waals surface area contributed by atoms with Crippen molar-refractivity contribution < 1.29 is 4.79 Å². The predicted molar refractivity (Wildman–Crippen MR) is 83.8 cm³/mol. The first kappa shape index (κ1) is 16.4. The number of hydrogen-bond acceptors (Lipinski definition) is 2. The van der Waals surface area contributed by atoms with Crippen molar-refractivity contribution in [2.45, 2.75) is 47.5 Å². The molecule has 0 aliphatic heterocycles. The zero-order valence-corrected chi connectivity index (χ0v) is 13.6. The van der Waals surface area contributed by atoms with Crippen molar-refractivity contribution in [1.29, 1.82) is 0 Å². The maximum atomic E-state index is 12.4. The zero-order valence-electron chi connectivity index (χ0n) is 12.8. The molecule has 3 N–H and O–H groups in total. The van der Waals surface area contributed by atoms with Crippen molar-refractivity contribution in [1.82, 2.24) is 5.32 Å². The molecule has 1 aliphatic rings. The Balaban J connectivity index is 2.62. The molecule has 0 heterocycles. The summed E-state index contributed by atoms with van der Waals surface area (Å²) < 4.78 is 0. The van der Waals surface area contributed by atoms with Crippen molar-refractivity contribution in [3.8, 4) is 0 Å². The van der Waals surface area contributed by atoms with Crippen LogP contribution in [-0.2, 0) is 4.79 Å². The molecule has 4 heteroatoms. The fourth-order valence-electron chi connectivity index (χ4n) is 3.25. The van der Waals surface area contributed by atoms with Gasteiger partial charge in [-0.15, -0.1) is 0 Å². The van der Waals surface area contributed by atoms with Crippen molar-refractivity contribution in [3.63, 3.8) is 0 Å². The lowest BCUT2D eigenvalue weighted by atomic mass is 9.62. The Labute approximate surface area is 122 Å². The molecule has 3 nitrogen and oxygen atoms in total. The molecule has 0 bridgehead atoms. The number of nitrogens with two attached hydrogens (primary N) is 1. The molecule has 1 fully saturated rings. The summed E-state index contributed by atoms with van der Waals surface area (Å²) in [7, 11) is 0. The van der Waals surface area contributed by atoms with Crippen LogP contribution in [0, 0.1) is 29.1 Å². The zero-order chi connectivity index (χ0) is 14.8. The monoisotopic (exact) mass is 284 g/mol. The first-order chi connectivity index (χ1) is 8.70. The third-order valence-electron chi connectivity index (χ3n) is 4.51. The molecule has 0 aromatic rings. The number of amides is 1. The molecule has 0 unspecified atom stereocenters. The summed E-state index contributed by atoms with van der Waals surface area (Å²) in [5.41, 5.74) is 5.22. The molecule has 0 atom stereocenters. The van der Waals surface area contributed by atoms with Crippen molar-refractivity contribution in [2.75, 3.05) is 6.54 Å². The van der Waals surface area contributed by atoms with Gasteiger partial charge in [0.25, 0.3) is 0 Å². The van der Waals surface area contributed by atoms with Gasteiger partial charge in [-0.3, -0.25) is 4.79 Å². The highest BCUT2D eigenvalue weighted by Crippen LogP contribution is 2.46. The van der Waals surface area contributed by atoms with E-state index in [-0.39, 0.29) is 5.91 Å². The highest BCUT2D eigenvalue weighted by atomic mass is 32.1. The molecule has 1 aliphatic carbocycles. The molecule has 1 amide bonds. The number of nitrogens with one attached hydrogen (secondary N) is 1. The van der Waals surface area contributed by atoms with E-state index in [1.807, 2.05) is 0 Å². The van der Waals surface area contributed by atoms with Gasteiger partial charge in [0.15, 0.2) is 0 Å². The maximum absolute atomic E-state index is 12.4. The number of carbonyl (C=O) groups excluding carboxylic acids is 1. The standard InChI is InChI=1S/C15H28N2OS/c1-9(2)12(10(3)4)8-17-14(18)15(13(16)19)6-11(5)7-15/h9-12H,6-8H2,1-5H3,(H2,16,19)(H,17,18). The summed E-state index contributed by atoms with van der Waals surface area (Å²) in [5, 5.41) is 3.08. The van der Waals surface area contributed by atoms with Gasteiger partial charge in [0.05, 0.1) is 10.4 Å². The molecule has 0 aromatic carbocycles. The molecule has 0 radical (unpaired) electrons. The van der Waals surface area contributed by atoms with Gasteiger partial charge in [0, 0.05) is 6.54 Å². The van der Waals surface area contributed by atoms with E-state index in [0.29, 0.717) is 35.2 Å². The second kappa shape index (κ2) is 6.21. The minimum atomic E-state index is -0.576. The Morgan fingerprint density at radius 2 is 1.79 bits per heavy atom. The van der Waals surface area contributed by atoms with Crippen molar-refractivity contribution >= 4 is 23.1 Å². The first-order valence-electron chi connectivity index (χ1n) is 7.29. The maximum Gasteiger partial charge on any atom is 0.233 e. The average molecular weight is 284 g/mol. The third kappa shape index (κ3) is 3.47. The second-order valence-electron chi connectivity index (χ2n) is 6.82. The Morgan fingerprint density at radius 3 is 2.11 bits per heavy atom. The summed E-state index contributed by atoms with van der Waals surface area (Å²) in [6.45, 7) is 11.6. The highest BCUT2D eigenvalue weighted by molar-refractivity contribution is 7.80. The second-order valence-corrected chi connectivity index (χ2v) is 7.26. The van der Waals surface area contributed by atoms with Gasteiger partial charge >= 0.3 is 0 Å². The molecular formula is C15H28N2OS. The third-order valence-corrected chi connectivity index (χ3v) is 4.90. The summed E-state index contributed by atoms with van der Waals surface area (Å²) in [4.78, 5) is 12.8. The average Bonchev–Trinajstić information content (AvgIpc) is 2.22. The highest BCUT2D eigenvalue weighted by Gasteiger charge is 2.50. The van der Waals surface area contributed by atoms with E-state index < -0.39 is 5.41 Å². The summed E-state index contributed by atoms with van der Waals surface area (Å²) in [5.74, 6) is 2.18. The number of thiocarbonyl (C=S) groups is 1. The fraction of sp³-hybridized carbons (Fsp3) is 0.867. The Bertz CT molecular complexity index is 338. The van der Waals surface area contributed by atoms with Crippen LogP contribution in [0.25, 0.3) is 0 Å². The molecule has 0 aromatic heterocycles. The lowest BCUT2D eigenvalue weighted by Gasteiger charge is -2.44. The van der Waals surface area contributed by atoms with Crippen molar-refractivity contribution in [3.05, 3.63) is 0 Å². The van der Waals surface area contributed by atoms with E-state index >= 15 is 0 Å². The topological polar surface area (TPSA) is 55.1 Å².